The molecule has 0 saturated heterocycles. The maximum absolute atomic E-state index is 13.9. The summed E-state index contributed by atoms with van der Waals surface area (Å²) in [5.41, 5.74) is 1.19. The fourth-order valence-corrected chi connectivity index (χ4v) is 1.79. The molecule has 0 aromatic heterocycles. The van der Waals surface area contributed by atoms with Crippen LogP contribution in [0.3, 0.4) is 0 Å². The molecule has 1 aromatic rings. The van der Waals surface area contributed by atoms with Gasteiger partial charge in [-0.2, -0.15) is 0 Å². The van der Waals surface area contributed by atoms with Crippen molar-refractivity contribution >= 4 is 0 Å². The van der Waals surface area contributed by atoms with Crippen molar-refractivity contribution in [2.75, 3.05) is 6.61 Å². The van der Waals surface area contributed by atoms with Gasteiger partial charge in [0.05, 0.1) is 6.61 Å². The van der Waals surface area contributed by atoms with Crippen LogP contribution in [0.15, 0.2) is 18.2 Å². The summed E-state index contributed by atoms with van der Waals surface area (Å²) in [6.07, 6.45) is 3.41. The van der Waals surface area contributed by atoms with Gasteiger partial charge >= 0.3 is 0 Å². The lowest BCUT2D eigenvalue weighted by molar-refractivity contribution is 0.235. The Kier molecular flexibility index (Phi) is 4.46. The standard InChI is InChI=1S/C16H24FNO/c1-16(2,3)8-9-19-15-7-4-12(10-14(15)17)11-18-13-5-6-13/h4,7,10,13,18H,5-6,8-9,11H2,1-3H3. The average molecular weight is 265 g/mol. The van der Waals surface area contributed by atoms with E-state index in [4.69, 9.17) is 4.74 Å². The molecule has 1 aliphatic carbocycles. The molecule has 2 rings (SSSR count). The molecule has 0 aliphatic heterocycles. The molecule has 3 heteroatoms. The first kappa shape index (κ1) is 14.3. The number of ether oxygens (including phenoxy) is 1. The van der Waals surface area contributed by atoms with Crippen molar-refractivity contribution in [2.24, 2.45) is 5.41 Å². The van der Waals surface area contributed by atoms with E-state index < -0.39 is 0 Å². The second kappa shape index (κ2) is 5.91. The quantitative estimate of drug-likeness (QED) is 0.842. The summed E-state index contributed by atoms with van der Waals surface area (Å²) in [5.74, 6) is 0.100. The Balaban J connectivity index is 1.83. The third-order valence-corrected chi connectivity index (χ3v) is 3.28. The van der Waals surface area contributed by atoms with Crippen molar-refractivity contribution < 1.29 is 9.13 Å². The fourth-order valence-electron chi connectivity index (χ4n) is 1.79. The average Bonchev–Trinajstić information content (AvgIpc) is 3.11. The zero-order valence-corrected chi connectivity index (χ0v) is 12.1. The molecule has 0 spiro atoms. The fraction of sp³-hybridized carbons (Fsp3) is 0.625. The first-order valence-corrected chi connectivity index (χ1v) is 7.09. The number of rotatable bonds is 6. The van der Waals surface area contributed by atoms with Gasteiger partial charge in [0.2, 0.25) is 0 Å². The molecule has 0 radical (unpaired) electrons. The minimum atomic E-state index is -0.260. The second-order valence-electron chi connectivity index (χ2n) is 6.58. The van der Waals surface area contributed by atoms with E-state index in [1.807, 2.05) is 6.07 Å². The Hall–Kier alpha value is -1.09. The van der Waals surface area contributed by atoms with E-state index in [0.29, 0.717) is 18.4 Å². The molecule has 106 valence electrons. The van der Waals surface area contributed by atoms with Crippen molar-refractivity contribution in [3.05, 3.63) is 29.6 Å². The SMILES string of the molecule is CC(C)(C)CCOc1ccc(CNC2CC2)cc1F. The van der Waals surface area contributed by atoms with Crippen LogP contribution >= 0.6 is 0 Å². The number of benzene rings is 1. The van der Waals surface area contributed by atoms with Gasteiger partial charge in [-0.25, -0.2) is 4.39 Å². The highest BCUT2D eigenvalue weighted by molar-refractivity contribution is 5.29. The lowest BCUT2D eigenvalue weighted by Crippen LogP contribution is -2.15. The predicted molar refractivity (Wildman–Crippen MR) is 75.8 cm³/mol. The van der Waals surface area contributed by atoms with Gasteiger partial charge in [-0.1, -0.05) is 26.8 Å². The molecule has 0 amide bonds. The maximum atomic E-state index is 13.9. The summed E-state index contributed by atoms with van der Waals surface area (Å²) in [4.78, 5) is 0. The van der Waals surface area contributed by atoms with Crippen molar-refractivity contribution in [1.29, 1.82) is 0 Å². The van der Waals surface area contributed by atoms with E-state index in [9.17, 15) is 4.39 Å². The molecule has 0 bridgehead atoms. The Morgan fingerprint density at radius 2 is 2.05 bits per heavy atom. The van der Waals surface area contributed by atoms with Crippen LogP contribution < -0.4 is 10.1 Å². The minimum Gasteiger partial charge on any atom is -0.490 e. The number of nitrogens with one attached hydrogen (secondary N) is 1. The molecular weight excluding hydrogens is 241 g/mol. The number of hydrogen-bond acceptors (Lipinski definition) is 2. The van der Waals surface area contributed by atoms with Gasteiger partial charge in [0.1, 0.15) is 0 Å². The van der Waals surface area contributed by atoms with Crippen LogP contribution in [0.1, 0.15) is 45.6 Å². The van der Waals surface area contributed by atoms with E-state index in [-0.39, 0.29) is 11.2 Å². The first-order valence-electron chi connectivity index (χ1n) is 7.09. The summed E-state index contributed by atoms with van der Waals surface area (Å²) < 4.78 is 19.4. The molecular formula is C16H24FNO. The van der Waals surface area contributed by atoms with Gasteiger partial charge in [0.15, 0.2) is 11.6 Å². The van der Waals surface area contributed by atoms with E-state index in [1.165, 1.54) is 12.8 Å². The summed E-state index contributed by atoms with van der Waals surface area (Å²) in [6.45, 7) is 7.75. The molecule has 0 atom stereocenters. The molecule has 1 saturated carbocycles. The van der Waals surface area contributed by atoms with Gasteiger partial charge in [0, 0.05) is 12.6 Å². The molecule has 1 aliphatic rings. The van der Waals surface area contributed by atoms with Crippen LogP contribution in [0.25, 0.3) is 0 Å². The lowest BCUT2D eigenvalue weighted by atomic mass is 9.93. The summed E-state index contributed by atoms with van der Waals surface area (Å²) in [6, 6.07) is 5.89. The van der Waals surface area contributed by atoms with Crippen molar-refractivity contribution in [1.82, 2.24) is 5.32 Å². The highest BCUT2D eigenvalue weighted by atomic mass is 19.1. The van der Waals surface area contributed by atoms with Crippen LogP contribution in [0.5, 0.6) is 5.75 Å². The smallest absolute Gasteiger partial charge is 0.165 e. The third-order valence-electron chi connectivity index (χ3n) is 3.28. The second-order valence-corrected chi connectivity index (χ2v) is 6.58. The van der Waals surface area contributed by atoms with Crippen LogP contribution in [0, 0.1) is 11.2 Å². The van der Waals surface area contributed by atoms with Gasteiger partial charge in [0.25, 0.3) is 0 Å². The topological polar surface area (TPSA) is 21.3 Å². The Morgan fingerprint density at radius 3 is 2.63 bits per heavy atom. The molecule has 1 aromatic carbocycles. The summed E-state index contributed by atoms with van der Waals surface area (Å²) in [5, 5.41) is 3.38. The van der Waals surface area contributed by atoms with E-state index >= 15 is 0 Å². The van der Waals surface area contributed by atoms with Crippen LogP contribution in [0.4, 0.5) is 4.39 Å². The van der Waals surface area contributed by atoms with Crippen molar-refractivity contribution in [3.63, 3.8) is 0 Å². The monoisotopic (exact) mass is 265 g/mol. The molecule has 2 nitrogen and oxygen atoms in total. The van der Waals surface area contributed by atoms with Gasteiger partial charge in [-0.3, -0.25) is 0 Å². The van der Waals surface area contributed by atoms with Crippen molar-refractivity contribution in [3.8, 4) is 5.75 Å². The highest BCUT2D eigenvalue weighted by Crippen LogP contribution is 2.23. The van der Waals surface area contributed by atoms with Crippen LogP contribution in [-0.2, 0) is 6.54 Å². The normalized spacial score (nSPS) is 15.6. The molecule has 1 fully saturated rings. The Morgan fingerprint density at radius 1 is 1.32 bits per heavy atom. The number of halogens is 1. The highest BCUT2D eigenvalue weighted by Gasteiger charge is 2.20. The minimum absolute atomic E-state index is 0.213. The predicted octanol–water partition coefficient (Wildman–Crippen LogP) is 3.89. The number of hydrogen-bond donors (Lipinski definition) is 1. The molecule has 1 N–H and O–H groups in total. The summed E-state index contributed by atoms with van der Waals surface area (Å²) in [7, 11) is 0. The zero-order valence-electron chi connectivity index (χ0n) is 12.1. The van der Waals surface area contributed by atoms with Gasteiger partial charge in [-0.05, 0) is 42.4 Å². The molecule has 0 unspecified atom stereocenters. The van der Waals surface area contributed by atoms with Gasteiger partial charge < -0.3 is 10.1 Å². The molecule has 19 heavy (non-hydrogen) atoms. The zero-order chi connectivity index (χ0) is 13.9. The Bertz CT molecular complexity index is 421. The maximum Gasteiger partial charge on any atom is 0.165 e. The first-order chi connectivity index (χ1) is 8.94. The van der Waals surface area contributed by atoms with E-state index in [1.54, 1.807) is 12.1 Å². The van der Waals surface area contributed by atoms with Crippen LogP contribution in [0.2, 0.25) is 0 Å². The third kappa shape index (κ3) is 5.19. The lowest BCUT2D eigenvalue weighted by Gasteiger charge is -2.18. The largest absolute Gasteiger partial charge is 0.490 e. The summed E-state index contributed by atoms with van der Waals surface area (Å²) >= 11 is 0. The van der Waals surface area contributed by atoms with E-state index in [2.05, 4.69) is 26.1 Å². The van der Waals surface area contributed by atoms with Crippen molar-refractivity contribution in [2.45, 2.75) is 52.6 Å². The van der Waals surface area contributed by atoms with E-state index in [0.717, 1.165) is 18.5 Å². The van der Waals surface area contributed by atoms with Gasteiger partial charge in [-0.15, -0.1) is 0 Å². The Labute approximate surface area is 115 Å². The van der Waals surface area contributed by atoms with Crippen LogP contribution in [-0.4, -0.2) is 12.6 Å². The molecule has 0 heterocycles.